The summed E-state index contributed by atoms with van der Waals surface area (Å²) in [5.41, 5.74) is 0.133. The Morgan fingerprint density at radius 2 is 2.29 bits per heavy atom. The molecule has 130 valence electrons. The van der Waals surface area contributed by atoms with Crippen LogP contribution in [0.4, 0.5) is 10.2 Å². The SMILES string of the molecule is C[C@@]1(F)C(O)C(CO)O[C@H]1n1cc(/C=N\O)c2c(NO)ncnc21. The quantitative estimate of drug-likeness (QED) is 0.297. The molecule has 24 heavy (non-hydrogen) atoms. The molecule has 1 fully saturated rings. The molecule has 10 nitrogen and oxygen atoms in total. The number of halogens is 1. The van der Waals surface area contributed by atoms with E-state index in [1.54, 1.807) is 0 Å². The number of ether oxygens (including phenoxy) is 1. The van der Waals surface area contributed by atoms with Gasteiger partial charge >= 0.3 is 0 Å². The molecule has 0 aromatic carbocycles. The molecule has 4 atom stereocenters. The molecule has 0 radical (unpaired) electrons. The minimum atomic E-state index is -2.22. The van der Waals surface area contributed by atoms with Crippen LogP contribution < -0.4 is 5.48 Å². The first-order chi connectivity index (χ1) is 11.5. The number of aliphatic hydroxyl groups excluding tert-OH is 2. The van der Waals surface area contributed by atoms with Crippen LogP contribution in [-0.4, -0.2) is 65.9 Å². The molecule has 11 heteroatoms. The lowest BCUT2D eigenvalue weighted by Gasteiger charge is -2.25. The molecule has 0 aliphatic carbocycles. The van der Waals surface area contributed by atoms with Crippen LogP contribution >= 0.6 is 0 Å². The monoisotopic (exact) mass is 341 g/mol. The lowest BCUT2D eigenvalue weighted by atomic mass is 9.98. The van der Waals surface area contributed by atoms with E-state index in [4.69, 9.17) is 9.94 Å². The van der Waals surface area contributed by atoms with Crippen molar-refractivity contribution in [1.82, 2.24) is 14.5 Å². The topological polar surface area (TPSA) is 145 Å². The third kappa shape index (κ3) is 2.29. The molecule has 0 spiro atoms. The van der Waals surface area contributed by atoms with Gasteiger partial charge in [-0.3, -0.25) is 10.7 Å². The summed E-state index contributed by atoms with van der Waals surface area (Å²) in [5, 5.41) is 40.4. The van der Waals surface area contributed by atoms with E-state index in [0.717, 1.165) is 19.5 Å². The number of nitrogens with one attached hydrogen (secondary N) is 1. The number of anilines is 1. The number of rotatable bonds is 4. The van der Waals surface area contributed by atoms with E-state index in [1.807, 2.05) is 5.48 Å². The summed E-state index contributed by atoms with van der Waals surface area (Å²) in [6.07, 6.45) is -0.356. The van der Waals surface area contributed by atoms with E-state index >= 15 is 0 Å². The molecule has 0 amide bonds. The summed E-state index contributed by atoms with van der Waals surface area (Å²) >= 11 is 0. The fourth-order valence-electron chi connectivity index (χ4n) is 2.90. The zero-order chi connectivity index (χ0) is 17.5. The van der Waals surface area contributed by atoms with Gasteiger partial charge in [0.15, 0.2) is 17.7 Å². The van der Waals surface area contributed by atoms with Gasteiger partial charge in [0.25, 0.3) is 0 Å². The highest BCUT2D eigenvalue weighted by Gasteiger charge is 2.55. The second kappa shape index (κ2) is 5.94. The summed E-state index contributed by atoms with van der Waals surface area (Å²) in [6, 6.07) is 0. The third-order valence-corrected chi connectivity index (χ3v) is 4.09. The van der Waals surface area contributed by atoms with Crippen LogP contribution in [0.1, 0.15) is 18.7 Å². The Morgan fingerprint density at radius 1 is 1.54 bits per heavy atom. The highest BCUT2D eigenvalue weighted by Crippen LogP contribution is 2.43. The van der Waals surface area contributed by atoms with Crippen molar-refractivity contribution in [3.05, 3.63) is 18.1 Å². The average molecular weight is 341 g/mol. The van der Waals surface area contributed by atoms with Crippen LogP contribution in [0.3, 0.4) is 0 Å². The fraction of sp³-hybridized carbons (Fsp3) is 0.462. The Bertz CT molecular complexity index is 779. The average Bonchev–Trinajstić information content (AvgIpc) is 3.04. The molecular formula is C13H16FN5O5. The van der Waals surface area contributed by atoms with Crippen LogP contribution in [0, 0.1) is 0 Å². The highest BCUT2D eigenvalue weighted by atomic mass is 19.1. The van der Waals surface area contributed by atoms with Gasteiger partial charge < -0.3 is 24.7 Å². The van der Waals surface area contributed by atoms with Gasteiger partial charge in [-0.25, -0.2) is 14.4 Å². The zero-order valence-electron chi connectivity index (χ0n) is 12.5. The van der Waals surface area contributed by atoms with Crippen LogP contribution in [0.5, 0.6) is 0 Å². The summed E-state index contributed by atoms with van der Waals surface area (Å²) < 4.78 is 21.7. The zero-order valence-corrected chi connectivity index (χ0v) is 12.5. The van der Waals surface area contributed by atoms with Crippen molar-refractivity contribution in [3.63, 3.8) is 0 Å². The largest absolute Gasteiger partial charge is 0.411 e. The van der Waals surface area contributed by atoms with E-state index in [-0.39, 0.29) is 22.4 Å². The van der Waals surface area contributed by atoms with E-state index in [9.17, 15) is 19.8 Å². The molecule has 3 heterocycles. The molecule has 2 aromatic rings. The van der Waals surface area contributed by atoms with Crippen LogP contribution in [-0.2, 0) is 4.74 Å². The molecule has 5 N–H and O–H groups in total. The van der Waals surface area contributed by atoms with Crippen LogP contribution in [0.25, 0.3) is 11.0 Å². The summed E-state index contributed by atoms with van der Waals surface area (Å²) in [7, 11) is 0. The molecule has 2 unspecified atom stereocenters. The first-order valence-corrected chi connectivity index (χ1v) is 7.02. The van der Waals surface area contributed by atoms with Crippen molar-refractivity contribution in [3.8, 4) is 0 Å². The second-order valence-electron chi connectivity index (χ2n) is 5.57. The Hall–Kier alpha value is -2.34. The first kappa shape index (κ1) is 16.5. The Balaban J connectivity index is 2.20. The first-order valence-electron chi connectivity index (χ1n) is 7.02. The molecule has 0 bridgehead atoms. The van der Waals surface area contributed by atoms with Crippen LogP contribution in [0.15, 0.2) is 17.7 Å². The Labute approximate surface area is 134 Å². The lowest BCUT2D eigenvalue weighted by Crippen LogP contribution is -2.40. The molecule has 3 rings (SSSR count). The minimum Gasteiger partial charge on any atom is -0.411 e. The second-order valence-corrected chi connectivity index (χ2v) is 5.57. The van der Waals surface area contributed by atoms with Gasteiger partial charge in [0.2, 0.25) is 0 Å². The summed E-state index contributed by atoms with van der Waals surface area (Å²) in [4.78, 5) is 7.88. The predicted molar refractivity (Wildman–Crippen MR) is 78.8 cm³/mol. The van der Waals surface area contributed by atoms with E-state index < -0.39 is 30.7 Å². The lowest BCUT2D eigenvalue weighted by molar-refractivity contribution is -0.0564. The van der Waals surface area contributed by atoms with Gasteiger partial charge in [-0.2, -0.15) is 0 Å². The van der Waals surface area contributed by atoms with Gasteiger partial charge in [-0.15, -0.1) is 0 Å². The van der Waals surface area contributed by atoms with Gasteiger partial charge in [0.05, 0.1) is 18.2 Å². The van der Waals surface area contributed by atoms with E-state index in [0.29, 0.717) is 0 Å². The fourth-order valence-corrected chi connectivity index (χ4v) is 2.90. The number of nitrogens with zero attached hydrogens (tertiary/aromatic N) is 4. The van der Waals surface area contributed by atoms with Gasteiger partial charge in [0.1, 0.15) is 24.2 Å². The number of hydrogen-bond acceptors (Lipinski definition) is 9. The number of aliphatic hydroxyl groups is 2. The van der Waals surface area contributed by atoms with Gasteiger partial charge in [0, 0.05) is 11.8 Å². The normalized spacial score (nSPS) is 30.5. The maximum atomic E-state index is 15.0. The summed E-state index contributed by atoms with van der Waals surface area (Å²) in [5.74, 6) is 0.0199. The van der Waals surface area contributed by atoms with Crippen molar-refractivity contribution in [2.24, 2.45) is 5.16 Å². The standard InChI is InChI=1S/C13H16FN5O5/c1-13(14)9(21)7(4-20)24-12(13)19-3-6(2-17-22)8-10(18-23)15-5-16-11(8)19/h2-3,5,7,9,12,20-23H,4H2,1H3,(H,15,16,18)/b17-2-/t7?,9?,12-,13-/m1/s1. The number of alkyl halides is 1. The van der Waals surface area contributed by atoms with Crippen molar-refractivity contribution in [1.29, 1.82) is 0 Å². The Kier molecular flexibility index (Phi) is 4.09. The number of oxime groups is 1. The summed E-state index contributed by atoms with van der Waals surface area (Å²) in [6.45, 7) is 0.593. The maximum Gasteiger partial charge on any atom is 0.181 e. The van der Waals surface area contributed by atoms with Gasteiger partial charge in [-0.1, -0.05) is 5.16 Å². The number of hydrogen-bond donors (Lipinski definition) is 5. The van der Waals surface area contributed by atoms with E-state index in [1.165, 1.54) is 10.8 Å². The molecule has 1 aliphatic heterocycles. The van der Waals surface area contributed by atoms with Gasteiger partial charge in [-0.05, 0) is 6.92 Å². The molecule has 0 saturated carbocycles. The molecule has 2 aromatic heterocycles. The Morgan fingerprint density at radius 3 is 2.88 bits per heavy atom. The predicted octanol–water partition coefficient (Wildman–Crippen LogP) is 0.0193. The third-order valence-electron chi connectivity index (χ3n) is 4.09. The minimum absolute atomic E-state index is 0.0199. The van der Waals surface area contributed by atoms with Crippen molar-refractivity contribution in [2.45, 2.75) is 31.0 Å². The smallest absolute Gasteiger partial charge is 0.181 e. The van der Waals surface area contributed by atoms with Crippen molar-refractivity contribution < 1.29 is 29.8 Å². The number of aromatic nitrogens is 3. The molecular weight excluding hydrogens is 325 g/mol. The number of fused-ring (bicyclic) bond motifs is 1. The van der Waals surface area contributed by atoms with Crippen molar-refractivity contribution in [2.75, 3.05) is 12.1 Å². The van der Waals surface area contributed by atoms with E-state index in [2.05, 4.69) is 15.1 Å². The highest BCUT2D eigenvalue weighted by molar-refractivity contribution is 6.03. The molecule has 1 aliphatic rings. The maximum absolute atomic E-state index is 15.0. The van der Waals surface area contributed by atoms with Crippen LogP contribution in [0.2, 0.25) is 0 Å². The molecule has 1 saturated heterocycles. The van der Waals surface area contributed by atoms with Crippen molar-refractivity contribution >= 4 is 23.1 Å².